The third-order valence-electron chi connectivity index (χ3n) is 3.35. The van der Waals surface area contributed by atoms with Crippen molar-refractivity contribution >= 4 is 27.3 Å². The summed E-state index contributed by atoms with van der Waals surface area (Å²) < 4.78 is 45.9. The van der Waals surface area contributed by atoms with Crippen LogP contribution in [0.1, 0.15) is 25.7 Å². The molecule has 5 nitrogen and oxygen atoms in total. The summed E-state index contributed by atoms with van der Waals surface area (Å²) in [6.45, 7) is 0.885. The number of nitrogen functional groups attached to an aromatic ring is 1. The predicted octanol–water partition coefficient (Wildman–Crippen LogP) is 2.30. The van der Waals surface area contributed by atoms with Gasteiger partial charge in [0.25, 0.3) is 0 Å². The minimum absolute atomic E-state index is 0.0516. The van der Waals surface area contributed by atoms with E-state index in [0.717, 1.165) is 25.3 Å². The molecular weight excluding hydrogens is 319 g/mol. The van der Waals surface area contributed by atoms with Crippen molar-refractivity contribution in [3.8, 4) is 0 Å². The Kier molecular flexibility index (Phi) is 5.43. The number of halogens is 2. The fraction of sp³-hybridized carbons (Fsp3) is 0.538. The Hall–Kier alpha value is -0.890. The van der Waals surface area contributed by atoms with E-state index < -0.39 is 20.7 Å². The van der Waals surface area contributed by atoms with Crippen LogP contribution in [-0.2, 0) is 14.8 Å². The highest BCUT2D eigenvalue weighted by Crippen LogP contribution is 2.25. The summed E-state index contributed by atoms with van der Waals surface area (Å²) in [6, 6.07) is 2.22. The van der Waals surface area contributed by atoms with E-state index in [2.05, 4.69) is 4.72 Å². The molecule has 1 unspecified atom stereocenters. The summed E-state index contributed by atoms with van der Waals surface area (Å²) in [5.41, 5.74) is 5.10. The average Bonchev–Trinajstić information content (AvgIpc) is 2.43. The standard InChI is InChI=1S/C13H18ClFN2O3S/c14-9-7-11(16)13(15)12(8-9)21(18,19)17-5-4-10-3-1-2-6-20-10/h7-8,10,17H,1-6,16H2. The molecule has 1 heterocycles. The summed E-state index contributed by atoms with van der Waals surface area (Å²) in [4.78, 5) is -0.530. The molecule has 8 heteroatoms. The number of hydrogen-bond donors (Lipinski definition) is 2. The number of nitrogens with one attached hydrogen (secondary N) is 1. The van der Waals surface area contributed by atoms with Crippen molar-refractivity contribution in [2.45, 2.75) is 36.7 Å². The van der Waals surface area contributed by atoms with Crippen LogP contribution >= 0.6 is 11.6 Å². The Labute approximate surface area is 128 Å². The molecule has 0 spiro atoms. The van der Waals surface area contributed by atoms with Gasteiger partial charge in [-0.3, -0.25) is 0 Å². The quantitative estimate of drug-likeness (QED) is 0.808. The molecule has 0 saturated carbocycles. The fourth-order valence-corrected chi connectivity index (χ4v) is 3.72. The minimum Gasteiger partial charge on any atom is -0.396 e. The van der Waals surface area contributed by atoms with E-state index in [1.807, 2.05) is 0 Å². The highest BCUT2D eigenvalue weighted by molar-refractivity contribution is 7.89. The Morgan fingerprint density at radius 3 is 2.86 bits per heavy atom. The first-order valence-corrected chi connectivity index (χ1v) is 8.62. The number of rotatable bonds is 5. The van der Waals surface area contributed by atoms with Crippen molar-refractivity contribution in [3.05, 3.63) is 23.0 Å². The molecule has 1 atom stereocenters. The monoisotopic (exact) mass is 336 g/mol. The van der Waals surface area contributed by atoms with Gasteiger partial charge in [-0.2, -0.15) is 0 Å². The van der Waals surface area contributed by atoms with Crippen molar-refractivity contribution in [1.82, 2.24) is 4.72 Å². The SMILES string of the molecule is Nc1cc(Cl)cc(S(=O)(=O)NCCC2CCCCO2)c1F. The Balaban J connectivity index is 2.01. The number of hydrogen-bond acceptors (Lipinski definition) is 4. The van der Waals surface area contributed by atoms with Crippen molar-refractivity contribution in [2.75, 3.05) is 18.9 Å². The van der Waals surface area contributed by atoms with E-state index in [1.54, 1.807) is 0 Å². The second-order valence-corrected chi connectivity index (χ2v) is 7.15. The maximum atomic E-state index is 13.8. The average molecular weight is 337 g/mol. The number of ether oxygens (including phenoxy) is 1. The van der Waals surface area contributed by atoms with Crippen LogP contribution in [0, 0.1) is 5.82 Å². The Morgan fingerprint density at radius 1 is 1.43 bits per heavy atom. The molecule has 0 aromatic heterocycles. The molecule has 0 radical (unpaired) electrons. The normalized spacial score (nSPS) is 19.6. The topological polar surface area (TPSA) is 81.4 Å². The highest BCUT2D eigenvalue weighted by atomic mass is 35.5. The van der Waals surface area contributed by atoms with Gasteiger partial charge in [-0.15, -0.1) is 0 Å². The van der Waals surface area contributed by atoms with E-state index >= 15 is 0 Å². The van der Waals surface area contributed by atoms with E-state index in [1.165, 1.54) is 6.07 Å². The molecule has 1 fully saturated rings. The second kappa shape index (κ2) is 6.91. The van der Waals surface area contributed by atoms with Gasteiger partial charge in [0.15, 0.2) is 5.82 Å². The van der Waals surface area contributed by atoms with Gasteiger partial charge in [0.2, 0.25) is 10.0 Å². The molecule has 3 N–H and O–H groups in total. The van der Waals surface area contributed by atoms with Gasteiger partial charge in [-0.1, -0.05) is 11.6 Å². The maximum absolute atomic E-state index is 13.8. The van der Waals surface area contributed by atoms with Crippen LogP contribution in [0.15, 0.2) is 17.0 Å². The third kappa shape index (κ3) is 4.29. The van der Waals surface area contributed by atoms with Crippen molar-refractivity contribution in [2.24, 2.45) is 0 Å². The van der Waals surface area contributed by atoms with Gasteiger partial charge in [-0.05, 0) is 37.8 Å². The van der Waals surface area contributed by atoms with E-state index in [-0.39, 0.29) is 23.4 Å². The third-order valence-corrected chi connectivity index (χ3v) is 5.03. The smallest absolute Gasteiger partial charge is 0.243 e. The molecule has 1 aliphatic heterocycles. The van der Waals surface area contributed by atoms with Gasteiger partial charge < -0.3 is 10.5 Å². The lowest BCUT2D eigenvalue weighted by Crippen LogP contribution is -2.30. The van der Waals surface area contributed by atoms with Crippen molar-refractivity contribution in [3.63, 3.8) is 0 Å². The van der Waals surface area contributed by atoms with Crippen LogP contribution in [0.25, 0.3) is 0 Å². The zero-order valence-corrected chi connectivity index (χ0v) is 13.0. The highest BCUT2D eigenvalue weighted by Gasteiger charge is 2.22. The Bertz CT molecular complexity index is 604. The summed E-state index contributed by atoms with van der Waals surface area (Å²) >= 11 is 5.73. The van der Waals surface area contributed by atoms with Crippen molar-refractivity contribution in [1.29, 1.82) is 0 Å². The summed E-state index contributed by atoms with van der Waals surface area (Å²) in [5, 5.41) is 0.0740. The number of sulfonamides is 1. The summed E-state index contributed by atoms with van der Waals surface area (Å²) in [7, 11) is -3.98. The molecule has 0 amide bonds. The van der Waals surface area contributed by atoms with Gasteiger partial charge in [0, 0.05) is 18.2 Å². The van der Waals surface area contributed by atoms with E-state index in [4.69, 9.17) is 22.1 Å². The van der Waals surface area contributed by atoms with E-state index in [9.17, 15) is 12.8 Å². The van der Waals surface area contributed by atoms with Crippen LogP contribution < -0.4 is 10.5 Å². The van der Waals surface area contributed by atoms with Crippen LogP contribution in [0.2, 0.25) is 5.02 Å². The zero-order chi connectivity index (χ0) is 15.5. The molecule has 1 saturated heterocycles. The maximum Gasteiger partial charge on any atom is 0.243 e. The molecule has 0 aliphatic carbocycles. The minimum atomic E-state index is -3.98. The Morgan fingerprint density at radius 2 is 2.19 bits per heavy atom. The second-order valence-electron chi connectivity index (χ2n) is 4.98. The largest absolute Gasteiger partial charge is 0.396 e. The summed E-state index contributed by atoms with van der Waals surface area (Å²) in [6.07, 6.45) is 3.64. The van der Waals surface area contributed by atoms with Gasteiger partial charge in [0.05, 0.1) is 11.8 Å². The first-order valence-electron chi connectivity index (χ1n) is 6.76. The summed E-state index contributed by atoms with van der Waals surface area (Å²) in [5.74, 6) is -0.985. The van der Waals surface area contributed by atoms with Crippen LogP contribution in [0.5, 0.6) is 0 Å². The van der Waals surface area contributed by atoms with E-state index in [0.29, 0.717) is 13.0 Å². The molecular formula is C13H18ClFN2O3S. The molecule has 1 aromatic carbocycles. The van der Waals surface area contributed by atoms with Gasteiger partial charge in [-0.25, -0.2) is 17.5 Å². The van der Waals surface area contributed by atoms with Crippen LogP contribution in [-0.4, -0.2) is 27.7 Å². The molecule has 1 aliphatic rings. The number of anilines is 1. The van der Waals surface area contributed by atoms with Crippen molar-refractivity contribution < 1.29 is 17.5 Å². The first-order chi connectivity index (χ1) is 9.90. The molecule has 118 valence electrons. The lowest BCUT2D eigenvalue weighted by molar-refractivity contribution is 0.0123. The van der Waals surface area contributed by atoms with Crippen LogP contribution in [0.3, 0.4) is 0 Å². The van der Waals surface area contributed by atoms with Gasteiger partial charge >= 0.3 is 0 Å². The first kappa shape index (κ1) is 16.5. The number of benzene rings is 1. The molecule has 0 bridgehead atoms. The molecule has 21 heavy (non-hydrogen) atoms. The zero-order valence-electron chi connectivity index (χ0n) is 11.4. The molecule has 1 aromatic rings. The van der Waals surface area contributed by atoms with Gasteiger partial charge in [0.1, 0.15) is 4.90 Å². The van der Waals surface area contributed by atoms with Crippen LogP contribution in [0.4, 0.5) is 10.1 Å². The lowest BCUT2D eigenvalue weighted by Gasteiger charge is -2.22. The number of nitrogens with two attached hydrogens (primary N) is 1. The fourth-order valence-electron chi connectivity index (χ4n) is 2.25. The lowest BCUT2D eigenvalue weighted by atomic mass is 10.1. The predicted molar refractivity (Wildman–Crippen MR) is 79.2 cm³/mol. The molecule has 2 rings (SSSR count).